The van der Waals surface area contributed by atoms with E-state index in [0.717, 1.165) is 38.9 Å². The van der Waals surface area contributed by atoms with E-state index in [0.29, 0.717) is 6.04 Å². The third kappa shape index (κ3) is 2.33. The lowest BCUT2D eigenvalue weighted by Gasteiger charge is -2.35. The summed E-state index contributed by atoms with van der Waals surface area (Å²) in [6.45, 7) is 7.76. The van der Waals surface area contributed by atoms with Gasteiger partial charge in [-0.05, 0) is 33.1 Å². The van der Waals surface area contributed by atoms with Crippen LogP contribution in [0.25, 0.3) is 0 Å². The summed E-state index contributed by atoms with van der Waals surface area (Å²) in [6, 6.07) is 0.578. The Balaban J connectivity index is 2.06. The summed E-state index contributed by atoms with van der Waals surface area (Å²) in [5.41, 5.74) is 0.111. The molecule has 2 heterocycles. The lowest BCUT2D eigenvalue weighted by Crippen LogP contribution is -2.50. The van der Waals surface area contributed by atoms with E-state index >= 15 is 0 Å². The average molecular weight is 240 g/mol. The van der Waals surface area contributed by atoms with Gasteiger partial charge in [0.2, 0.25) is 5.91 Å². The van der Waals surface area contributed by atoms with Crippen molar-refractivity contribution in [1.29, 1.82) is 0 Å². The highest BCUT2D eigenvalue weighted by molar-refractivity contribution is 5.78. The number of nitrogens with zero attached hydrogens (tertiary/aromatic N) is 2. The number of amides is 1. The lowest BCUT2D eigenvalue weighted by atomic mass is 9.95. The van der Waals surface area contributed by atoms with Crippen LogP contribution in [0.1, 0.15) is 33.1 Å². The van der Waals surface area contributed by atoms with Crippen molar-refractivity contribution in [2.24, 2.45) is 0 Å². The SMILES string of the molecule is COCC(=O)N1CCCC12CCN(C(C)C)C2. The first-order chi connectivity index (χ1) is 8.09. The molecule has 0 bridgehead atoms. The Hall–Kier alpha value is -0.610. The predicted molar refractivity (Wildman–Crippen MR) is 66.9 cm³/mol. The molecule has 4 heteroatoms. The molecule has 2 rings (SSSR count). The van der Waals surface area contributed by atoms with Crippen molar-refractivity contribution in [3.05, 3.63) is 0 Å². The minimum Gasteiger partial charge on any atom is -0.375 e. The predicted octanol–water partition coefficient (Wildman–Crippen LogP) is 1.11. The maximum absolute atomic E-state index is 12.1. The van der Waals surface area contributed by atoms with Gasteiger partial charge in [0.15, 0.2) is 0 Å². The summed E-state index contributed by atoms with van der Waals surface area (Å²) in [5.74, 6) is 0.163. The molecule has 1 unspecified atom stereocenters. The van der Waals surface area contributed by atoms with Crippen molar-refractivity contribution in [3.63, 3.8) is 0 Å². The maximum atomic E-state index is 12.1. The van der Waals surface area contributed by atoms with Gasteiger partial charge in [-0.3, -0.25) is 9.69 Å². The number of methoxy groups -OCH3 is 1. The lowest BCUT2D eigenvalue weighted by molar-refractivity contribution is -0.139. The van der Waals surface area contributed by atoms with Gasteiger partial charge in [0, 0.05) is 32.8 Å². The van der Waals surface area contributed by atoms with Gasteiger partial charge in [0.1, 0.15) is 6.61 Å². The highest BCUT2D eigenvalue weighted by Crippen LogP contribution is 2.38. The fourth-order valence-electron chi connectivity index (χ4n) is 3.28. The Labute approximate surface area is 104 Å². The minimum absolute atomic E-state index is 0.111. The van der Waals surface area contributed by atoms with Crippen LogP contribution in [0.3, 0.4) is 0 Å². The minimum atomic E-state index is 0.111. The van der Waals surface area contributed by atoms with E-state index in [1.54, 1.807) is 7.11 Å². The van der Waals surface area contributed by atoms with Crippen LogP contribution in [-0.4, -0.2) is 60.6 Å². The zero-order valence-corrected chi connectivity index (χ0v) is 11.2. The van der Waals surface area contributed by atoms with Crippen molar-refractivity contribution in [2.45, 2.75) is 44.7 Å². The van der Waals surface area contributed by atoms with Crippen molar-refractivity contribution < 1.29 is 9.53 Å². The van der Waals surface area contributed by atoms with E-state index in [9.17, 15) is 4.79 Å². The van der Waals surface area contributed by atoms with Crippen LogP contribution < -0.4 is 0 Å². The molecule has 1 amide bonds. The first kappa shape index (κ1) is 12.8. The second-order valence-corrected chi connectivity index (χ2v) is 5.62. The van der Waals surface area contributed by atoms with E-state index < -0.39 is 0 Å². The number of likely N-dealkylation sites (tertiary alicyclic amines) is 2. The third-order valence-corrected chi connectivity index (χ3v) is 4.26. The molecule has 0 N–H and O–H groups in total. The molecule has 0 aromatic heterocycles. The van der Waals surface area contributed by atoms with Gasteiger partial charge in [-0.1, -0.05) is 0 Å². The van der Waals surface area contributed by atoms with Gasteiger partial charge in [0.25, 0.3) is 0 Å². The molecule has 0 saturated carbocycles. The molecule has 2 fully saturated rings. The van der Waals surface area contributed by atoms with Crippen molar-refractivity contribution >= 4 is 5.91 Å². The summed E-state index contributed by atoms with van der Waals surface area (Å²) in [5, 5.41) is 0. The van der Waals surface area contributed by atoms with Crippen LogP contribution in [-0.2, 0) is 9.53 Å². The number of rotatable bonds is 3. The van der Waals surface area contributed by atoms with Crippen LogP contribution in [0.15, 0.2) is 0 Å². The van der Waals surface area contributed by atoms with Crippen LogP contribution in [0, 0.1) is 0 Å². The Morgan fingerprint density at radius 2 is 2.12 bits per heavy atom. The number of carbonyl (C=O) groups excluding carboxylic acids is 1. The third-order valence-electron chi connectivity index (χ3n) is 4.26. The Morgan fingerprint density at radius 3 is 2.71 bits per heavy atom. The van der Waals surface area contributed by atoms with Gasteiger partial charge < -0.3 is 9.64 Å². The van der Waals surface area contributed by atoms with Crippen molar-refractivity contribution in [2.75, 3.05) is 33.4 Å². The highest BCUT2D eigenvalue weighted by atomic mass is 16.5. The Bertz CT molecular complexity index is 293. The molecule has 0 radical (unpaired) electrons. The summed E-state index contributed by atoms with van der Waals surface area (Å²) in [4.78, 5) is 16.6. The molecule has 2 aliphatic rings. The van der Waals surface area contributed by atoms with E-state index in [1.807, 2.05) is 0 Å². The first-order valence-electron chi connectivity index (χ1n) is 6.62. The normalized spacial score (nSPS) is 29.8. The van der Waals surface area contributed by atoms with Gasteiger partial charge in [-0.15, -0.1) is 0 Å². The van der Waals surface area contributed by atoms with Crippen LogP contribution in [0.4, 0.5) is 0 Å². The second-order valence-electron chi connectivity index (χ2n) is 5.62. The molecule has 0 aromatic carbocycles. The van der Waals surface area contributed by atoms with E-state index in [2.05, 4.69) is 23.6 Å². The largest absolute Gasteiger partial charge is 0.375 e. The fourth-order valence-corrected chi connectivity index (χ4v) is 3.28. The zero-order valence-electron chi connectivity index (χ0n) is 11.2. The fraction of sp³-hybridized carbons (Fsp3) is 0.923. The summed E-state index contributed by atoms with van der Waals surface area (Å²) in [6.07, 6.45) is 3.42. The smallest absolute Gasteiger partial charge is 0.249 e. The Kier molecular flexibility index (Phi) is 3.73. The zero-order chi connectivity index (χ0) is 12.5. The molecule has 98 valence electrons. The van der Waals surface area contributed by atoms with E-state index in [4.69, 9.17) is 4.74 Å². The average Bonchev–Trinajstić information content (AvgIpc) is 2.87. The van der Waals surface area contributed by atoms with Crippen LogP contribution >= 0.6 is 0 Å². The highest BCUT2D eigenvalue weighted by Gasteiger charge is 2.48. The molecule has 17 heavy (non-hydrogen) atoms. The summed E-state index contributed by atoms with van der Waals surface area (Å²) < 4.78 is 4.99. The summed E-state index contributed by atoms with van der Waals surface area (Å²) in [7, 11) is 1.59. The van der Waals surface area contributed by atoms with Crippen LogP contribution in [0.5, 0.6) is 0 Å². The number of carbonyl (C=O) groups is 1. The van der Waals surface area contributed by atoms with Gasteiger partial charge in [-0.25, -0.2) is 0 Å². The number of ether oxygens (including phenoxy) is 1. The molecule has 2 saturated heterocycles. The van der Waals surface area contributed by atoms with Gasteiger partial charge in [-0.2, -0.15) is 0 Å². The molecule has 4 nitrogen and oxygen atoms in total. The maximum Gasteiger partial charge on any atom is 0.249 e. The summed E-state index contributed by atoms with van der Waals surface area (Å²) >= 11 is 0. The van der Waals surface area contributed by atoms with E-state index in [-0.39, 0.29) is 18.1 Å². The molecular weight excluding hydrogens is 216 g/mol. The first-order valence-corrected chi connectivity index (χ1v) is 6.62. The van der Waals surface area contributed by atoms with Crippen molar-refractivity contribution in [1.82, 2.24) is 9.80 Å². The monoisotopic (exact) mass is 240 g/mol. The molecule has 0 aromatic rings. The number of hydrogen-bond acceptors (Lipinski definition) is 3. The topological polar surface area (TPSA) is 32.8 Å². The van der Waals surface area contributed by atoms with Crippen LogP contribution in [0.2, 0.25) is 0 Å². The standard InChI is InChI=1S/C13H24N2O2/c1-11(2)14-8-6-13(10-14)5-4-7-15(13)12(16)9-17-3/h11H,4-10H2,1-3H3. The van der Waals surface area contributed by atoms with Gasteiger partial charge in [0.05, 0.1) is 5.54 Å². The molecular formula is C13H24N2O2. The molecule has 0 aliphatic carbocycles. The molecule has 1 atom stereocenters. The number of hydrogen-bond donors (Lipinski definition) is 0. The van der Waals surface area contributed by atoms with Crippen molar-refractivity contribution in [3.8, 4) is 0 Å². The quantitative estimate of drug-likeness (QED) is 0.741. The molecule has 1 spiro atoms. The second kappa shape index (κ2) is 4.94. The van der Waals surface area contributed by atoms with Gasteiger partial charge >= 0.3 is 0 Å². The van der Waals surface area contributed by atoms with E-state index in [1.165, 1.54) is 0 Å². The Morgan fingerprint density at radius 1 is 1.35 bits per heavy atom. The molecule has 2 aliphatic heterocycles.